The molecule has 5 heteroatoms. The van der Waals surface area contributed by atoms with E-state index >= 15 is 0 Å². The van der Waals surface area contributed by atoms with E-state index in [1.807, 2.05) is 0 Å². The van der Waals surface area contributed by atoms with Crippen molar-refractivity contribution in [2.24, 2.45) is 5.92 Å². The Morgan fingerprint density at radius 3 is 2.77 bits per heavy atom. The minimum absolute atomic E-state index is 0.0754. The van der Waals surface area contributed by atoms with Crippen LogP contribution in [0, 0.1) is 5.92 Å². The zero-order valence-corrected chi connectivity index (χ0v) is 14.9. The van der Waals surface area contributed by atoms with E-state index < -0.39 is 0 Å². The Kier molecular flexibility index (Phi) is 9.48. The highest BCUT2D eigenvalue weighted by molar-refractivity contribution is 5.74. The third-order valence-electron chi connectivity index (χ3n) is 3.95. The second-order valence-corrected chi connectivity index (χ2v) is 6.90. The Hall–Kier alpha value is -0.810. The van der Waals surface area contributed by atoms with E-state index in [0.29, 0.717) is 12.5 Å². The van der Waals surface area contributed by atoms with Gasteiger partial charge in [0.1, 0.15) is 0 Å². The van der Waals surface area contributed by atoms with Gasteiger partial charge in [0, 0.05) is 32.2 Å². The summed E-state index contributed by atoms with van der Waals surface area (Å²) in [5.74, 6) is 0.666. The van der Waals surface area contributed by atoms with Crippen molar-refractivity contribution in [3.8, 4) is 0 Å². The Balaban J connectivity index is 2.17. The van der Waals surface area contributed by atoms with Crippen LogP contribution in [-0.4, -0.2) is 55.9 Å². The van der Waals surface area contributed by atoms with Crippen molar-refractivity contribution in [1.29, 1.82) is 0 Å². The van der Waals surface area contributed by atoms with Gasteiger partial charge >= 0.3 is 6.03 Å². The molecule has 0 bridgehead atoms. The standard InChI is InChI=1S/C17H35N3O2/c1-5-6-7-8-15(4)19-17(21)18-11-16-13-20(9-10-22-16)12-14(2)3/h14-16H,5-13H2,1-4H3,(H2,18,19,21). The van der Waals surface area contributed by atoms with Gasteiger partial charge in [0.25, 0.3) is 0 Å². The summed E-state index contributed by atoms with van der Waals surface area (Å²) in [6, 6.07) is 0.157. The second-order valence-electron chi connectivity index (χ2n) is 6.90. The summed E-state index contributed by atoms with van der Waals surface area (Å²) >= 11 is 0. The van der Waals surface area contributed by atoms with Crippen LogP contribution in [0.5, 0.6) is 0 Å². The van der Waals surface area contributed by atoms with E-state index in [1.54, 1.807) is 0 Å². The monoisotopic (exact) mass is 313 g/mol. The molecule has 22 heavy (non-hydrogen) atoms. The Bertz CT molecular complexity index is 310. The van der Waals surface area contributed by atoms with E-state index in [9.17, 15) is 4.79 Å². The smallest absolute Gasteiger partial charge is 0.315 e. The first-order chi connectivity index (χ1) is 10.5. The second kappa shape index (κ2) is 10.8. The molecule has 1 heterocycles. The van der Waals surface area contributed by atoms with Gasteiger partial charge in [0.15, 0.2) is 0 Å². The van der Waals surface area contributed by atoms with Gasteiger partial charge < -0.3 is 15.4 Å². The van der Waals surface area contributed by atoms with Crippen LogP contribution >= 0.6 is 0 Å². The summed E-state index contributed by atoms with van der Waals surface area (Å²) in [4.78, 5) is 14.3. The predicted octanol–water partition coefficient (Wildman–Crippen LogP) is 2.61. The SMILES string of the molecule is CCCCCC(C)NC(=O)NCC1CN(CC(C)C)CCO1. The highest BCUT2D eigenvalue weighted by atomic mass is 16.5. The van der Waals surface area contributed by atoms with Crippen LogP contribution in [-0.2, 0) is 4.74 Å². The van der Waals surface area contributed by atoms with E-state index in [2.05, 4.69) is 43.2 Å². The van der Waals surface area contributed by atoms with Crippen LogP contribution in [0.25, 0.3) is 0 Å². The van der Waals surface area contributed by atoms with Gasteiger partial charge in [-0.1, -0.05) is 40.0 Å². The topological polar surface area (TPSA) is 53.6 Å². The minimum atomic E-state index is -0.0754. The van der Waals surface area contributed by atoms with Gasteiger partial charge in [-0.25, -0.2) is 4.79 Å². The van der Waals surface area contributed by atoms with Crippen LogP contribution in [0.2, 0.25) is 0 Å². The normalized spacial score (nSPS) is 20.9. The van der Waals surface area contributed by atoms with Crippen molar-refractivity contribution in [2.75, 3.05) is 32.8 Å². The quantitative estimate of drug-likeness (QED) is 0.643. The average molecular weight is 313 g/mol. The van der Waals surface area contributed by atoms with Gasteiger partial charge in [-0.15, -0.1) is 0 Å². The summed E-state index contributed by atoms with van der Waals surface area (Å²) < 4.78 is 5.74. The predicted molar refractivity (Wildman–Crippen MR) is 91.2 cm³/mol. The third-order valence-corrected chi connectivity index (χ3v) is 3.95. The number of rotatable bonds is 9. The molecule has 0 saturated carbocycles. The summed E-state index contributed by atoms with van der Waals surface area (Å²) in [5, 5.41) is 5.95. The minimum Gasteiger partial charge on any atom is -0.374 e. The molecule has 0 aliphatic carbocycles. The highest BCUT2D eigenvalue weighted by Gasteiger charge is 2.21. The molecule has 5 nitrogen and oxygen atoms in total. The maximum Gasteiger partial charge on any atom is 0.315 e. The maximum atomic E-state index is 11.9. The molecule has 1 aliphatic rings. The van der Waals surface area contributed by atoms with Crippen LogP contribution in [0.1, 0.15) is 53.4 Å². The molecule has 0 spiro atoms. The van der Waals surface area contributed by atoms with Gasteiger partial charge in [-0.2, -0.15) is 0 Å². The number of amides is 2. The molecule has 1 fully saturated rings. The Morgan fingerprint density at radius 2 is 2.09 bits per heavy atom. The van der Waals surface area contributed by atoms with E-state index in [0.717, 1.165) is 32.7 Å². The van der Waals surface area contributed by atoms with Crippen molar-refractivity contribution < 1.29 is 9.53 Å². The van der Waals surface area contributed by atoms with Crippen molar-refractivity contribution >= 4 is 6.03 Å². The lowest BCUT2D eigenvalue weighted by atomic mass is 10.1. The van der Waals surface area contributed by atoms with Crippen LogP contribution < -0.4 is 10.6 Å². The van der Waals surface area contributed by atoms with E-state index in [1.165, 1.54) is 19.3 Å². The van der Waals surface area contributed by atoms with E-state index in [-0.39, 0.29) is 18.2 Å². The fourth-order valence-electron chi connectivity index (χ4n) is 2.84. The first-order valence-corrected chi connectivity index (χ1v) is 8.89. The van der Waals surface area contributed by atoms with Crippen molar-refractivity contribution in [3.05, 3.63) is 0 Å². The first-order valence-electron chi connectivity index (χ1n) is 8.89. The molecular weight excluding hydrogens is 278 g/mol. The largest absolute Gasteiger partial charge is 0.374 e. The lowest BCUT2D eigenvalue weighted by Crippen LogP contribution is -2.50. The number of hydrogen-bond donors (Lipinski definition) is 2. The van der Waals surface area contributed by atoms with Gasteiger partial charge in [0.2, 0.25) is 0 Å². The van der Waals surface area contributed by atoms with Crippen molar-refractivity contribution in [2.45, 2.75) is 65.5 Å². The molecule has 1 rings (SSSR count). The number of ether oxygens (including phenoxy) is 1. The molecule has 0 aromatic carbocycles. The molecule has 0 aromatic rings. The van der Waals surface area contributed by atoms with E-state index in [4.69, 9.17) is 4.74 Å². The lowest BCUT2D eigenvalue weighted by Gasteiger charge is -2.34. The third kappa shape index (κ3) is 8.59. The fourth-order valence-corrected chi connectivity index (χ4v) is 2.84. The molecule has 1 saturated heterocycles. The molecule has 1 aliphatic heterocycles. The molecule has 0 radical (unpaired) electrons. The summed E-state index contributed by atoms with van der Waals surface area (Å²) in [6.45, 7) is 13.1. The molecule has 0 aromatic heterocycles. The van der Waals surface area contributed by atoms with Gasteiger partial charge in [0.05, 0.1) is 12.7 Å². The number of nitrogens with one attached hydrogen (secondary N) is 2. The van der Waals surface area contributed by atoms with Gasteiger partial charge in [-0.05, 0) is 19.3 Å². The van der Waals surface area contributed by atoms with Crippen LogP contribution in [0.3, 0.4) is 0 Å². The zero-order chi connectivity index (χ0) is 16.4. The number of hydrogen-bond acceptors (Lipinski definition) is 3. The number of carbonyl (C=O) groups is 1. The lowest BCUT2D eigenvalue weighted by molar-refractivity contribution is -0.0290. The van der Waals surface area contributed by atoms with Crippen molar-refractivity contribution in [1.82, 2.24) is 15.5 Å². The molecule has 2 amide bonds. The Labute approximate surface area is 136 Å². The summed E-state index contributed by atoms with van der Waals surface area (Å²) in [7, 11) is 0. The molecule has 2 unspecified atom stereocenters. The number of urea groups is 1. The molecule has 2 N–H and O–H groups in total. The zero-order valence-electron chi connectivity index (χ0n) is 14.9. The summed E-state index contributed by atoms with van der Waals surface area (Å²) in [5.41, 5.74) is 0. The Morgan fingerprint density at radius 1 is 1.32 bits per heavy atom. The number of unbranched alkanes of at least 4 members (excludes halogenated alkanes) is 2. The average Bonchev–Trinajstić information content (AvgIpc) is 2.45. The van der Waals surface area contributed by atoms with Crippen LogP contribution in [0.15, 0.2) is 0 Å². The summed E-state index contributed by atoms with van der Waals surface area (Å²) in [6.07, 6.45) is 4.77. The molecular formula is C17H35N3O2. The van der Waals surface area contributed by atoms with Crippen molar-refractivity contribution in [3.63, 3.8) is 0 Å². The molecule has 2 atom stereocenters. The molecule has 130 valence electrons. The fraction of sp³-hybridized carbons (Fsp3) is 0.941. The highest BCUT2D eigenvalue weighted by Crippen LogP contribution is 2.07. The van der Waals surface area contributed by atoms with Gasteiger partial charge in [-0.3, -0.25) is 4.90 Å². The maximum absolute atomic E-state index is 11.9. The van der Waals surface area contributed by atoms with Crippen LogP contribution in [0.4, 0.5) is 4.79 Å². The number of nitrogens with zero attached hydrogens (tertiary/aromatic N) is 1. The number of morpholine rings is 1. The number of carbonyl (C=O) groups excluding carboxylic acids is 1. The first kappa shape index (κ1) is 19.2.